The van der Waals surface area contributed by atoms with Crippen LogP contribution in [0.25, 0.3) is 0 Å². The fourth-order valence-electron chi connectivity index (χ4n) is 2.80. The Labute approximate surface area is 130 Å². The zero-order valence-electron chi connectivity index (χ0n) is 12.5. The molecule has 0 aliphatic carbocycles. The molecule has 3 nitrogen and oxygen atoms in total. The maximum Gasteiger partial charge on any atom is 0.179 e. The van der Waals surface area contributed by atoms with Gasteiger partial charge in [0.1, 0.15) is 0 Å². The van der Waals surface area contributed by atoms with Crippen LogP contribution < -0.4 is 0 Å². The van der Waals surface area contributed by atoms with Gasteiger partial charge in [-0.25, -0.2) is 0 Å². The van der Waals surface area contributed by atoms with Crippen molar-refractivity contribution < 1.29 is 4.79 Å². The number of nitrogens with zero attached hydrogens (tertiary/aromatic N) is 2. The lowest BCUT2D eigenvalue weighted by Crippen LogP contribution is -2.39. The van der Waals surface area contributed by atoms with Gasteiger partial charge >= 0.3 is 0 Å². The Bertz CT molecular complexity index is 460. The standard InChI is InChI=1S/C16H23BrN2O/c1-12(16(20)14-4-6-15(17)7-5-14)19(3)11-13-8-9-18(2)10-13/h4-7,12-13H,8-11H2,1-3H3. The fourth-order valence-corrected chi connectivity index (χ4v) is 3.06. The third-order valence-corrected chi connectivity index (χ3v) is 4.73. The average Bonchev–Trinajstić information content (AvgIpc) is 2.83. The van der Waals surface area contributed by atoms with Gasteiger partial charge in [0.2, 0.25) is 0 Å². The highest BCUT2D eigenvalue weighted by Crippen LogP contribution is 2.18. The number of Topliss-reactive ketones (excluding diaryl/α,β-unsaturated/α-hetero) is 1. The molecule has 1 fully saturated rings. The van der Waals surface area contributed by atoms with E-state index in [-0.39, 0.29) is 11.8 Å². The minimum Gasteiger partial charge on any atom is -0.306 e. The van der Waals surface area contributed by atoms with Crippen molar-refractivity contribution >= 4 is 21.7 Å². The minimum atomic E-state index is -0.0675. The zero-order valence-corrected chi connectivity index (χ0v) is 14.1. The quantitative estimate of drug-likeness (QED) is 0.771. The van der Waals surface area contributed by atoms with Gasteiger partial charge in [-0.05, 0) is 52.0 Å². The summed E-state index contributed by atoms with van der Waals surface area (Å²) in [5.74, 6) is 0.886. The maximum absolute atomic E-state index is 12.5. The first kappa shape index (κ1) is 15.7. The second-order valence-corrected chi connectivity index (χ2v) is 6.82. The molecule has 0 amide bonds. The van der Waals surface area contributed by atoms with Crippen LogP contribution in [0.15, 0.2) is 28.7 Å². The third kappa shape index (κ3) is 3.90. The van der Waals surface area contributed by atoms with Gasteiger partial charge in [-0.3, -0.25) is 9.69 Å². The molecule has 20 heavy (non-hydrogen) atoms. The maximum atomic E-state index is 12.5. The molecule has 0 N–H and O–H groups in total. The Morgan fingerprint density at radius 2 is 2.10 bits per heavy atom. The van der Waals surface area contributed by atoms with Crippen molar-refractivity contribution in [3.63, 3.8) is 0 Å². The molecule has 1 aliphatic heterocycles. The number of carbonyl (C=O) groups is 1. The molecule has 2 atom stereocenters. The highest BCUT2D eigenvalue weighted by molar-refractivity contribution is 9.10. The van der Waals surface area contributed by atoms with E-state index in [9.17, 15) is 4.79 Å². The lowest BCUT2D eigenvalue weighted by Gasteiger charge is -2.26. The van der Waals surface area contributed by atoms with Crippen LogP contribution in [0.2, 0.25) is 0 Å². The van der Waals surface area contributed by atoms with Crippen LogP contribution in [0.5, 0.6) is 0 Å². The van der Waals surface area contributed by atoms with E-state index in [4.69, 9.17) is 0 Å². The van der Waals surface area contributed by atoms with Gasteiger partial charge in [-0.15, -0.1) is 0 Å². The molecule has 1 aromatic carbocycles. The highest BCUT2D eigenvalue weighted by atomic mass is 79.9. The fraction of sp³-hybridized carbons (Fsp3) is 0.562. The largest absolute Gasteiger partial charge is 0.306 e. The number of ketones is 1. The average molecular weight is 339 g/mol. The zero-order chi connectivity index (χ0) is 14.7. The van der Waals surface area contributed by atoms with Crippen LogP contribution in [-0.2, 0) is 0 Å². The number of likely N-dealkylation sites (N-methyl/N-ethyl adjacent to an activating group) is 1. The molecule has 4 heteroatoms. The SMILES string of the molecule is CC(C(=O)c1ccc(Br)cc1)N(C)CC1CCN(C)C1. The lowest BCUT2D eigenvalue weighted by molar-refractivity contribution is 0.0853. The molecule has 0 bridgehead atoms. The molecular formula is C16H23BrN2O. The summed E-state index contributed by atoms with van der Waals surface area (Å²) in [6, 6.07) is 7.56. The van der Waals surface area contributed by atoms with Crippen LogP contribution in [0.1, 0.15) is 23.7 Å². The Morgan fingerprint density at radius 3 is 2.65 bits per heavy atom. The van der Waals surface area contributed by atoms with E-state index >= 15 is 0 Å². The van der Waals surface area contributed by atoms with E-state index in [2.05, 4.69) is 39.8 Å². The molecule has 1 saturated heterocycles. The van der Waals surface area contributed by atoms with E-state index in [0.717, 1.165) is 23.1 Å². The number of likely N-dealkylation sites (tertiary alicyclic amines) is 1. The van der Waals surface area contributed by atoms with Gasteiger partial charge in [-0.2, -0.15) is 0 Å². The van der Waals surface area contributed by atoms with Gasteiger partial charge in [0.15, 0.2) is 5.78 Å². The van der Waals surface area contributed by atoms with Crippen molar-refractivity contribution in [1.82, 2.24) is 9.80 Å². The van der Waals surface area contributed by atoms with Gasteiger partial charge in [0.25, 0.3) is 0 Å². The molecule has 0 aromatic heterocycles. The summed E-state index contributed by atoms with van der Waals surface area (Å²) in [6.07, 6.45) is 1.24. The number of hydrogen-bond donors (Lipinski definition) is 0. The topological polar surface area (TPSA) is 23.6 Å². The molecule has 1 aromatic rings. The van der Waals surface area contributed by atoms with E-state index in [1.807, 2.05) is 31.2 Å². The van der Waals surface area contributed by atoms with E-state index < -0.39 is 0 Å². The van der Waals surface area contributed by atoms with Crippen molar-refractivity contribution in [1.29, 1.82) is 0 Å². The highest BCUT2D eigenvalue weighted by Gasteiger charge is 2.25. The summed E-state index contributed by atoms with van der Waals surface area (Å²) in [7, 11) is 4.22. The Hall–Kier alpha value is -0.710. The first-order chi connectivity index (χ1) is 9.47. The van der Waals surface area contributed by atoms with Gasteiger partial charge in [0, 0.05) is 23.1 Å². The number of benzene rings is 1. The van der Waals surface area contributed by atoms with E-state index in [1.165, 1.54) is 13.0 Å². The van der Waals surface area contributed by atoms with Gasteiger partial charge in [0.05, 0.1) is 6.04 Å². The van der Waals surface area contributed by atoms with Crippen LogP contribution in [0, 0.1) is 5.92 Å². The van der Waals surface area contributed by atoms with Crippen molar-refractivity contribution in [2.24, 2.45) is 5.92 Å². The lowest BCUT2D eigenvalue weighted by atomic mass is 10.0. The number of carbonyl (C=O) groups excluding carboxylic acids is 1. The van der Waals surface area contributed by atoms with Crippen LogP contribution in [-0.4, -0.2) is 55.4 Å². The van der Waals surface area contributed by atoms with Crippen molar-refractivity contribution in [3.8, 4) is 0 Å². The van der Waals surface area contributed by atoms with Crippen LogP contribution in [0.4, 0.5) is 0 Å². The number of halogens is 1. The molecule has 2 unspecified atom stereocenters. The normalized spacial score (nSPS) is 21.4. The van der Waals surface area contributed by atoms with Crippen LogP contribution in [0.3, 0.4) is 0 Å². The first-order valence-corrected chi connectivity index (χ1v) is 7.95. The van der Waals surface area contributed by atoms with Crippen molar-refractivity contribution in [3.05, 3.63) is 34.3 Å². The summed E-state index contributed by atoms with van der Waals surface area (Å²) in [5.41, 5.74) is 0.788. The predicted octanol–water partition coefficient (Wildman–Crippen LogP) is 2.90. The van der Waals surface area contributed by atoms with Crippen LogP contribution >= 0.6 is 15.9 Å². The minimum absolute atomic E-state index is 0.0675. The summed E-state index contributed by atoms with van der Waals surface area (Å²) in [6.45, 7) is 5.31. The van der Waals surface area contributed by atoms with Gasteiger partial charge < -0.3 is 4.90 Å². The molecular weight excluding hydrogens is 316 g/mol. The summed E-state index contributed by atoms with van der Waals surface area (Å²) >= 11 is 3.40. The number of hydrogen-bond acceptors (Lipinski definition) is 3. The molecule has 0 spiro atoms. The Kier molecular flexibility index (Phi) is 5.35. The second-order valence-electron chi connectivity index (χ2n) is 5.90. The monoisotopic (exact) mass is 338 g/mol. The predicted molar refractivity (Wildman–Crippen MR) is 86.2 cm³/mol. The van der Waals surface area contributed by atoms with Crippen molar-refractivity contribution in [2.45, 2.75) is 19.4 Å². The molecule has 0 saturated carbocycles. The van der Waals surface area contributed by atoms with Crippen molar-refractivity contribution in [2.75, 3.05) is 33.7 Å². The van der Waals surface area contributed by atoms with E-state index in [1.54, 1.807) is 0 Å². The molecule has 1 heterocycles. The summed E-state index contributed by atoms with van der Waals surface area (Å²) in [5, 5.41) is 0. The second kappa shape index (κ2) is 6.83. The third-order valence-electron chi connectivity index (χ3n) is 4.20. The molecule has 2 rings (SSSR count). The summed E-state index contributed by atoms with van der Waals surface area (Å²) in [4.78, 5) is 17.0. The Morgan fingerprint density at radius 1 is 1.45 bits per heavy atom. The molecule has 1 aliphatic rings. The molecule has 0 radical (unpaired) electrons. The Balaban J connectivity index is 1.93. The molecule has 110 valence electrons. The number of rotatable bonds is 5. The van der Waals surface area contributed by atoms with Gasteiger partial charge in [-0.1, -0.05) is 28.1 Å². The van der Waals surface area contributed by atoms with E-state index in [0.29, 0.717) is 5.92 Å². The smallest absolute Gasteiger partial charge is 0.179 e. The summed E-state index contributed by atoms with van der Waals surface area (Å²) < 4.78 is 1.00. The first-order valence-electron chi connectivity index (χ1n) is 7.16.